The third-order valence-electron chi connectivity index (χ3n) is 4.69. The monoisotopic (exact) mass is 365 g/mol. The third-order valence-corrected chi connectivity index (χ3v) is 4.69. The highest BCUT2D eigenvalue weighted by Crippen LogP contribution is 2.30. The van der Waals surface area contributed by atoms with Crippen LogP contribution >= 0.6 is 0 Å². The quantitative estimate of drug-likeness (QED) is 0.721. The summed E-state index contributed by atoms with van der Waals surface area (Å²) in [6, 6.07) is 15.7. The fourth-order valence-corrected chi connectivity index (χ4v) is 3.20. The smallest absolute Gasteiger partial charge is 0.261 e. The average molecular weight is 365 g/mol. The first-order chi connectivity index (χ1) is 13.3. The number of para-hydroxylation sites is 1. The zero-order valence-electron chi connectivity index (χ0n) is 15.4. The van der Waals surface area contributed by atoms with E-state index in [1.807, 2.05) is 48.5 Å². The average Bonchev–Trinajstić information content (AvgIpc) is 3.18. The van der Waals surface area contributed by atoms with Crippen LogP contribution in [0.5, 0.6) is 11.5 Å². The van der Waals surface area contributed by atoms with Crippen molar-refractivity contribution in [2.45, 2.75) is 25.4 Å². The molecule has 1 aliphatic heterocycles. The molecule has 0 radical (unpaired) electrons. The highest BCUT2D eigenvalue weighted by Gasteiger charge is 2.19. The molecular weight excluding hydrogens is 342 g/mol. The molecule has 1 aromatic heterocycles. The molecule has 6 heteroatoms. The highest BCUT2D eigenvalue weighted by atomic mass is 16.5. The van der Waals surface area contributed by atoms with Crippen molar-refractivity contribution in [1.82, 2.24) is 15.5 Å². The van der Waals surface area contributed by atoms with Gasteiger partial charge in [-0.1, -0.05) is 29.4 Å². The highest BCUT2D eigenvalue weighted by molar-refractivity contribution is 5.62. The second kappa shape index (κ2) is 8.22. The lowest BCUT2D eigenvalue weighted by molar-refractivity contribution is 0.163. The lowest BCUT2D eigenvalue weighted by Gasteiger charge is -2.24. The number of nitrogens with zero attached hydrogens (tertiary/aromatic N) is 2. The van der Waals surface area contributed by atoms with Gasteiger partial charge in [-0.25, -0.2) is 0 Å². The number of ether oxygens (including phenoxy) is 2. The van der Waals surface area contributed by atoms with E-state index in [0.717, 1.165) is 48.6 Å². The van der Waals surface area contributed by atoms with Crippen LogP contribution in [0.3, 0.4) is 0 Å². The summed E-state index contributed by atoms with van der Waals surface area (Å²) in [7, 11) is 1.66. The minimum absolute atomic E-state index is 0.217. The number of hydrogen-bond acceptors (Lipinski definition) is 6. The van der Waals surface area contributed by atoms with Crippen LogP contribution in [0.25, 0.3) is 11.5 Å². The molecule has 6 nitrogen and oxygen atoms in total. The molecule has 0 spiro atoms. The van der Waals surface area contributed by atoms with E-state index in [1.165, 1.54) is 0 Å². The van der Waals surface area contributed by atoms with Crippen LogP contribution in [-0.2, 0) is 6.42 Å². The summed E-state index contributed by atoms with van der Waals surface area (Å²) in [5.74, 6) is 2.76. The molecule has 0 aliphatic carbocycles. The molecule has 1 N–H and O–H groups in total. The van der Waals surface area contributed by atoms with Crippen LogP contribution in [0.4, 0.5) is 0 Å². The van der Waals surface area contributed by atoms with Crippen molar-refractivity contribution in [3.63, 3.8) is 0 Å². The van der Waals surface area contributed by atoms with Gasteiger partial charge in [-0.05, 0) is 55.8 Å². The van der Waals surface area contributed by atoms with Crippen molar-refractivity contribution in [2.24, 2.45) is 0 Å². The van der Waals surface area contributed by atoms with Gasteiger partial charge >= 0.3 is 0 Å². The Balaban J connectivity index is 1.50. The van der Waals surface area contributed by atoms with Gasteiger partial charge in [0.2, 0.25) is 0 Å². The molecule has 2 heterocycles. The molecule has 0 saturated carbocycles. The number of nitrogens with one attached hydrogen (secondary N) is 1. The first-order valence-corrected chi connectivity index (χ1v) is 9.24. The molecule has 140 valence electrons. The molecule has 1 fully saturated rings. The molecule has 1 saturated heterocycles. The van der Waals surface area contributed by atoms with Gasteiger partial charge in [-0.2, -0.15) is 4.98 Å². The maximum atomic E-state index is 6.21. The number of aromatic nitrogens is 2. The molecule has 0 bridgehead atoms. The van der Waals surface area contributed by atoms with Crippen molar-refractivity contribution in [3.8, 4) is 23.0 Å². The van der Waals surface area contributed by atoms with E-state index < -0.39 is 0 Å². The Hall–Kier alpha value is -2.86. The molecule has 4 rings (SSSR count). The van der Waals surface area contributed by atoms with Crippen LogP contribution in [0.1, 0.15) is 24.2 Å². The first-order valence-electron chi connectivity index (χ1n) is 9.24. The van der Waals surface area contributed by atoms with Crippen LogP contribution in [0.2, 0.25) is 0 Å². The summed E-state index contributed by atoms with van der Waals surface area (Å²) in [6.45, 7) is 1.97. The van der Waals surface area contributed by atoms with E-state index in [0.29, 0.717) is 18.1 Å². The fourth-order valence-electron chi connectivity index (χ4n) is 3.20. The first kappa shape index (κ1) is 17.5. The molecule has 1 aliphatic rings. The van der Waals surface area contributed by atoms with Crippen LogP contribution in [0.15, 0.2) is 53.1 Å². The van der Waals surface area contributed by atoms with E-state index in [9.17, 15) is 0 Å². The van der Waals surface area contributed by atoms with E-state index in [4.69, 9.17) is 14.0 Å². The molecule has 0 atom stereocenters. The predicted octanol–water partition coefficient (Wildman–Crippen LogP) is 3.47. The molecule has 0 amide bonds. The summed E-state index contributed by atoms with van der Waals surface area (Å²) in [5, 5.41) is 7.49. The van der Waals surface area contributed by atoms with Crippen LogP contribution in [-0.4, -0.2) is 36.4 Å². The molecule has 27 heavy (non-hydrogen) atoms. The maximum Gasteiger partial charge on any atom is 0.261 e. The van der Waals surface area contributed by atoms with Gasteiger partial charge in [0.1, 0.15) is 17.6 Å². The zero-order valence-corrected chi connectivity index (χ0v) is 15.4. The molecular formula is C21H23N3O3. The van der Waals surface area contributed by atoms with E-state index in [1.54, 1.807) is 7.11 Å². The van der Waals surface area contributed by atoms with E-state index in [-0.39, 0.29) is 6.10 Å². The van der Waals surface area contributed by atoms with Gasteiger partial charge < -0.3 is 19.3 Å². The number of piperidine rings is 1. The second-order valence-corrected chi connectivity index (χ2v) is 6.60. The number of hydrogen-bond donors (Lipinski definition) is 1. The summed E-state index contributed by atoms with van der Waals surface area (Å²) in [6.07, 6.45) is 2.82. The van der Waals surface area contributed by atoms with Crippen LogP contribution in [0, 0.1) is 0 Å². The van der Waals surface area contributed by atoms with Gasteiger partial charge in [0.25, 0.3) is 5.89 Å². The van der Waals surface area contributed by atoms with Gasteiger partial charge in [0, 0.05) is 6.42 Å². The second-order valence-electron chi connectivity index (χ2n) is 6.60. The summed E-state index contributed by atoms with van der Waals surface area (Å²) >= 11 is 0. The fraction of sp³-hybridized carbons (Fsp3) is 0.333. The standard InChI is InChI=1S/C21H23N3O3/c1-25-16-8-6-15(7-9-16)14-20-23-21(27-24-20)18-4-2-3-5-19(18)26-17-10-12-22-13-11-17/h2-9,17,22H,10-14H2,1H3. The zero-order chi connectivity index (χ0) is 18.5. The molecule has 3 aromatic rings. The Morgan fingerprint density at radius 3 is 2.63 bits per heavy atom. The summed E-state index contributed by atoms with van der Waals surface area (Å²) in [4.78, 5) is 4.57. The van der Waals surface area contributed by atoms with Crippen LogP contribution < -0.4 is 14.8 Å². The Kier molecular flexibility index (Phi) is 5.34. The Morgan fingerprint density at radius 1 is 1.07 bits per heavy atom. The van der Waals surface area contributed by atoms with Gasteiger partial charge in [0.05, 0.1) is 12.7 Å². The topological polar surface area (TPSA) is 69.4 Å². The summed E-state index contributed by atoms with van der Waals surface area (Å²) < 4.78 is 16.9. The normalized spacial score (nSPS) is 14.9. The Labute approximate surface area is 158 Å². The third kappa shape index (κ3) is 4.28. The molecule has 2 aromatic carbocycles. The number of benzene rings is 2. The van der Waals surface area contributed by atoms with E-state index in [2.05, 4.69) is 15.5 Å². The van der Waals surface area contributed by atoms with E-state index >= 15 is 0 Å². The predicted molar refractivity (Wildman–Crippen MR) is 102 cm³/mol. The summed E-state index contributed by atoms with van der Waals surface area (Å²) in [5.41, 5.74) is 1.94. The largest absolute Gasteiger partial charge is 0.497 e. The van der Waals surface area contributed by atoms with Gasteiger partial charge in [-0.15, -0.1) is 0 Å². The Morgan fingerprint density at radius 2 is 1.85 bits per heavy atom. The van der Waals surface area contributed by atoms with Crippen molar-refractivity contribution in [2.75, 3.05) is 20.2 Å². The maximum absolute atomic E-state index is 6.21. The van der Waals surface area contributed by atoms with Crippen molar-refractivity contribution >= 4 is 0 Å². The number of methoxy groups -OCH3 is 1. The van der Waals surface area contributed by atoms with Crippen molar-refractivity contribution < 1.29 is 14.0 Å². The van der Waals surface area contributed by atoms with Crippen molar-refractivity contribution in [1.29, 1.82) is 0 Å². The number of rotatable bonds is 6. The van der Waals surface area contributed by atoms with Gasteiger partial charge in [-0.3, -0.25) is 0 Å². The Bertz CT molecular complexity index is 870. The lowest BCUT2D eigenvalue weighted by atomic mass is 10.1. The molecule has 0 unspecified atom stereocenters. The van der Waals surface area contributed by atoms with Crippen molar-refractivity contribution in [3.05, 3.63) is 59.9 Å². The minimum atomic E-state index is 0.217. The van der Waals surface area contributed by atoms with Gasteiger partial charge in [0.15, 0.2) is 5.82 Å². The SMILES string of the molecule is COc1ccc(Cc2noc(-c3ccccc3OC3CCNCC3)n2)cc1. The minimum Gasteiger partial charge on any atom is -0.497 e. The lowest BCUT2D eigenvalue weighted by Crippen LogP contribution is -2.34.